The molecule has 0 aromatic rings. The average Bonchev–Trinajstić information content (AvgIpc) is 2.27. The third-order valence-corrected chi connectivity index (χ3v) is 3.93. The highest BCUT2D eigenvalue weighted by Crippen LogP contribution is 2.17. The fourth-order valence-corrected chi connectivity index (χ4v) is 2.66. The Morgan fingerprint density at radius 2 is 2.25 bits per heavy atom. The lowest BCUT2D eigenvalue weighted by molar-refractivity contribution is -0.124. The molecule has 0 radical (unpaired) electrons. The molecule has 0 saturated carbocycles. The molecule has 0 aromatic heterocycles. The van der Waals surface area contributed by atoms with Gasteiger partial charge in [0.2, 0.25) is 5.91 Å². The Bertz CT molecular complexity index is 257. The highest BCUT2D eigenvalue weighted by atomic mass is 16.2. The van der Waals surface area contributed by atoms with E-state index in [2.05, 4.69) is 29.5 Å². The molecule has 2 aliphatic heterocycles. The van der Waals surface area contributed by atoms with E-state index < -0.39 is 0 Å². The maximum absolute atomic E-state index is 11.6. The Kier molecular flexibility index (Phi) is 3.82. The summed E-state index contributed by atoms with van der Waals surface area (Å²) >= 11 is 0. The molecular formula is C12H23N3O. The second-order valence-electron chi connectivity index (χ2n) is 5.20. The van der Waals surface area contributed by atoms with Crippen molar-refractivity contribution in [3.05, 3.63) is 0 Å². The molecule has 0 spiro atoms. The molecule has 3 unspecified atom stereocenters. The van der Waals surface area contributed by atoms with Gasteiger partial charge in [-0.15, -0.1) is 0 Å². The molecule has 2 saturated heterocycles. The minimum absolute atomic E-state index is 0.0503. The molecule has 2 rings (SSSR count). The van der Waals surface area contributed by atoms with Gasteiger partial charge in [-0.1, -0.05) is 0 Å². The third-order valence-electron chi connectivity index (χ3n) is 3.93. The van der Waals surface area contributed by atoms with E-state index in [0.29, 0.717) is 12.1 Å². The standard InChI is InChI=1S/C12H23N3O/c1-9-8-10(5-7-15(9)2)14-11-4-3-6-13-12(11)16/h9-11,14H,3-8H2,1-2H3,(H,13,16). The first-order chi connectivity index (χ1) is 7.66. The summed E-state index contributed by atoms with van der Waals surface area (Å²) in [5.41, 5.74) is 0. The van der Waals surface area contributed by atoms with Gasteiger partial charge >= 0.3 is 0 Å². The summed E-state index contributed by atoms with van der Waals surface area (Å²) in [5.74, 6) is 0.192. The number of nitrogens with zero attached hydrogens (tertiary/aromatic N) is 1. The molecule has 2 fully saturated rings. The van der Waals surface area contributed by atoms with E-state index in [4.69, 9.17) is 0 Å². The lowest BCUT2D eigenvalue weighted by Gasteiger charge is -2.37. The highest BCUT2D eigenvalue weighted by Gasteiger charge is 2.28. The molecule has 2 N–H and O–H groups in total. The molecule has 4 heteroatoms. The van der Waals surface area contributed by atoms with Gasteiger partial charge in [-0.25, -0.2) is 0 Å². The molecule has 0 aromatic carbocycles. The maximum Gasteiger partial charge on any atom is 0.237 e. The van der Waals surface area contributed by atoms with E-state index >= 15 is 0 Å². The fraction of sp³-hybridized carbons (Fsp3) is 0.917. The van der Waals surface area contributed by atoms with Crippen molar-refractivity contribution >= 4 is 5.91 Å². The summed E-state index contributed by atoms with van der Waals surface area (Å²) < 4.78 is 0. The molecule has 0 aliphatic carbocycles. The van der Waals surface area contributed by atoms with E-state index in [1.54, 1.807) is 0 Å². The van der Waals surface area contributed by atoms with Crippen molar-refractivity contribution in [3.63, 3.8) is 0 Å². The van der Waals surface area contributed by atoms with Crippen LogP contribution in [0.25, 0.3) is 0 Å². The van der Waals surface area contributed by atoms with Crippen LogP contribution in [-0.4, -0.2) is 49.1 Å². The van der Waals surface area contributed by atoms with Gasteiger partial charge in [0.25, 0.3) is 0 Å². The molecule has 2 aliphatic rings. The SMILES string of the molecule is CC1CC(NC2CCCNC2=O)CCN1C. The first-order valence-electron chi connectivity index (χ1n) is 6.41. The Morgan fingerprint density at radius 1 is 1.44 bits per heavy atom. The van der Waals surface area contributed by atoms with Gasteiger partial charge < -0.3 is 15.5 Å². The Morgan fingerprint density at radius 3 is 2.94 bits per heavy atom. The van der Waals surface area contributed by atoms with Gasteiger partial charge in [0, 0.05) is 18.6 Å². The van der Waals surface area contributed by atoms with Crippen LogP contribution in [0.1, 0.15) is 32.6 Å². The van der Waals surface area contributed by atoms with Crippen molar-refractivity contribution in [2.75, 3.05) is 20.1 Å². The van der Waals surface area contributed by atoms with Crippen LogP contribution in [0, 0.1) is 0 Å². The van der Waals surface area contributed by atoms with Crippen molar-refractivity contribution in [3.8, 4) is 0 Å². The number of likely N-dealkylation sites (tertiary alicyclic amines) is 1. The van der Waals surface area contributed by atoms with E-state index in [-0.39, 0.29) is 11.9 Å². The lowest BCUT2D eigenvalue weighted by Crippen LogP contribution is -2.54. The van der Waals surface area contributed by atoms with Gasteiger partial charge in [-0.3, -0.25) is 4.79 Å². The van der Waals surface area contributed by atoms with Crippen LogP contribution in [0.3, 0.4) is 0 Å². The summed E-state index contributed by atoms with van der Waals surface area (Å²) in [6, 6.07) is 1.19. The van der Waals surface area contributed by atoms with E-state index in [1.165, 1.54) is 0 Å². The topological polar surface area (TPSA) is 44.4 Å². The lowest BCUT2D eigenvalue weighted by atomic mass is 9.96. The van der Waals surface area contributed by atoms with Crippen LogP contribution in [0.2, 0.25) is 0 Å². The normalized spacial score (nSPS) is 37.1. The van der Waals surface area contributed by atoms with E-state index in [0.717, 1.165) is 38.8 Å². The van der Waals surface area contributed by atoms with Gasteiger partial charge in [-0.2, -0.15) is 0 Å². The summed E-state index contributed by atoms with van der Waals surface area (Å²) in [6.07, 6.45) is 4.41. The molecular weight excluding hydrogens is 202 g/mol. The van der Waals surface area contributed by atoms with Crippen LogP contribution in [0.15, 0.2) is 0 Å². The van der Waals surface area contributed by atoms with Crippen LogP contribution in [-0.2, 0) is 4.79 Å². The number of amides is 1. The number of nitrogens with one attached hydrogen (secondary N) is 2. The zero-order valence-corrected chi connectivity index (χ0v) is 10.3. The number of carbonyl (C=O) groups is 1. The fourth-order valence-electron chi connectivity index (χ4n) is 2.66. The summed E-state index contributed by atoms with van der Waals surface area (Å²) in [6.45, 7) is 4.24. The van der Waals surface area contributed by atoms with Crippen molar-refractivity contribution < 1.29 is 4.79 Å². The minimum Gasteiger partial charge on any atom is -0.355 e. The largest absolute Gasteiger partial charge is 0.355 e. The summed E-state index contributed by atoms with van der Waals surface area (Å²) in [4.78, 5) is 14.0. The van der Waals surface area contributed by atoms with Crippen molar-refractivity contribution in [1.82, 2.24) is 15.5 Å². The number of piperidine rings is 2. The molecule has 4 nitrogen and oxygen atoms in total. The number of rotatable bonds is 2. The van der Waals surface area contributed by atoms with Crippen LogP contribution >= 0.6 is 0 Å². The van der Waals surface area contributed by atoms with Gasteiger partial charge in [0.05, 0.1) is 6.04 Å². The first-order valence-corrected chi connectivity index (χ1v) is 6.41. The Hall–Kier alpha value is -0.610. The molecule has 3 atom stereocenters. The Labute approximate surface area is 97.8 Å². The second-order valence-corrected chi connectivity index (χ2v) is 5.20. The zero-order chi connectivity index (χ0) is 11.5. The average molecular weight is 225 g/mol. The smallest absolute Gasteiger partial charge is 0.237 e. The second kappa shape index (κ2) is 5.15. The molecule has 0 bridgehead atoms. The maximum atomic E-state index is 11.6. The number of hydrogen-bond acceptors (Lipinski definition) is 3. The van der Waals surface area contributed by atoms with Crippen LogP contribution in [0.4, 0.5) is 0 Å². The molecule has 92 valence electrons. The quantitative estimate of drug-likeness (QED) is 0.712. The van der Waals surface area contributed by atoms with Crippen molar-refractivity contribution in [1.29, 1.82) is 0 Å². The molecule has 1 amide bonds. The Balaban J connectivity index is 1.82. The minimum atomic E-state index is 0.0503. The highest BCUT2D eigenvalue weighted by molar-refractivity contribution is 5.82. The molecule has 16 heavy (non-hydrogen) atoms. The zero-order valence-electron chi connectivity index (χ0n) is 10.3. The predicted molar refractivity (Wildman–Crippen MR) is 64.3 cm³/mol. The van der Waals surface area contributed by atoms with Gasteiger partial charge in [0.1, 0.15) is 0 Å². The molecule has 2 heterocycles. The first kappa shape index (κ1) is 11.9. The van der Waals surface area contributed by atoms with Gasteiger partial charge in [0.15, 0.2) is 0 Å². The monoisotopic (exact) mass is 225 g/mol. The summed E-state index contributed by atoms with van der Waals surface area (Å²) in [5, 5.41) is 6.45. The van der Waals surface area contributed by atoms with Gasteiger partial charge in [-0.05, 0) is 46.2 Å². The van der Waals surface area contributed by atoms with E-state index in [9.17, 15) is 4.79 Å². The van der Waals surface area contributed by atoms with Crippen LogP contribution in [0.5, 0.6) is 0 Å². The number of carbonyl (C=O) groups excluding carboxylic acids is 1. The predicted octanol–water partition coefficient (Wildman–Crippen LogP) is 0.337. The number of hydrogen-bond donors (Lipinski definition) is 2. The van der Waals surface area contributed by atoms with E-state index in [1.807, 2.05) is 0 Å². The third kappa shape index (κ3) is 2.74. The van der Waals surface area contributed by atoms with Crippen molar-refractivity contribution in [2.45, 2.75) is 50.7 Å². The van der Waals surface area contributed by atoms with Crippen LogP contribution < -0.4 is 10.6 Å². The van der Waals surface area contributed by atoms with Crippen molar-refractivity contribution in [2.24, 2.45) is 0 Å². The summed E-state index contributed by atoms with van der Waals surface area (Å²) in [7, 11) is 2.17.